The minimum Gasteiger partial charge on any atom is -0.304 e. The summed E-state index contributed by atoms with van der Waals surface area (Å²) in [6.07, 6.45) is 2.64. The van der Waals surface area contributed by atoms with Crippen LogP contribution >= 0.6 is 0 Å². The first kappa shape index (κ1) is 18.9. The van der Waals surface area contributed by atoms with Gasteiger partial charge in [0, 0.05) is 52.4 Å². The SMILES string of the molecule is CC.CCCN1CCN(CCCN2CCN(C)CC2)CC1. The lowest BCUT2D eigenvalue weighted by Crippen LogP contribution is -2.48. The molecule has 0 amide bonds. The molecule has 2 aliphatic heterocycles. The van der Waals surface area contributed by atoms with Crippen LogP contribution in [0.1, 0.15) is 33.6 Å². The van der Waals surface area contributed by atoms with Crippen LogP contribution in [-0.4, -0.2) is 98.6 Å². The molecule has 2 fully saturated rings. The van der Waals surface area contributed by atoms with E-state index in [0.717, 1.165) is 0 Å². The minimum atomic E-state index is 1.25. The molecule has 0 N–H and O–H groups in total. The summed E-state index contributed by atoms with van der Waals surface area (Å²) in [7, 11) is 2.23. The van der Waals surface area contributed by atoms with Crippen LogP contribution in [0.2, 0.25) is 0 Å². The van der Waals surface area contributed by atoms with E-state index in [0.29, 0.717) is 0 Å². The van der Waals surface area contributed by atoms with E-state index >= 15 is 0 Å². The van der Waals surface area contributed by atoms with E-state index in [2.05, 4.69) is 33.6 Å². The van der Waals surface area contributed by atoms with Crippen molar-refractivity contribution in [3.8, 4) is 0 Å². The fraction of sp³-hybridized carbons (Fsp3) is 1.00. The van der Waals surface area contributed by atoms with Crippen molar-refractivity contribution in [3.05, 3.63) is 0 Å². The van der Waals surface area contributed by atoms with Gasteiger partial charge in [0.15, 0.2) is 0 Å². The van der Waals surface area contributed by atoms with Gasteiger partial charge in [-0.1, -0.05) is 20.8 Å². The van der Waals surface area contributed by atoms with E-state index < -0.39 is 0 Å². The van der Waals surface area contributed by atoms with E-state index in [1.54, 1.807) is 0 Å². The molecule has 0 radical (unpaired) electrons. The fourth-order valence-electron chi connectivity index (χ4n) is 3.14. The summed E-state index contributed by atoms with van der Waals surface area (Å²) < 4.78 is 0. The van der Waals surface area contributed by atoms with Gasteiger partial charge in [0.25, 0.3) is 0 Å². The average Bonchev–Trinajstić information content (AvgIpc) is 2.53. The van der Waals surface area contributed by atoms with Crippen molar-refractivity contribution in [2.24, 2.45) is 0 Å². The molecule has 0 bridgehead atoms. The number of likely N-dealkylation sites (N-methyl/N-ethyl adjacent to an activating group) is 1. The molecule has 4 heteroatoms. The monoisotopic (exact) mass is 298 g/mol. The molecule has 0 aliphatic carbocycles. The zero-order chi connectivity index (χ0) is 15.5. The van der Waals surface area contributed by atoms with E-state index in [1.807, 2.05) is 13.8 Å². The normalized spacial score (nSPS) is 22.9. The Kier molecular flexibility index (Phi) is 10.3. The lowest BCUT2D eigenvalue weighted by atomic mass is 10.2. The molecule has 0 spiro atoms. The predicted octanol–water partition coefficient (Wildman–Crippen LogP) is 1.68. The highest BCUT2D eigenvalue weighted by Crippen LogP contribution is 2.05. The molecular weight excluding hydrogens is 260 g/mol. The Hall–Kier alpha value is -0.160. The second kappa shape index (κ2) is 11.4. The molecule has 2 aliphatic rings. The smallest absolute Gasteiger partial charge is 0.0110 e. The van der Waals surface area contributed by atoms with Crippen LogP contribution in [0.15, 0.2) is 0 Å². The van der Waals surface area contributed by atoms with Gasteiger partial charge in [-0.2, -0.15) is 0 Å². The lowest BCUT2D eigenvalue weighted by Gasteiger charge is -2.36. The first-order chi connectivity index (χ1) is 10.3. The fourth-order valence-corrected chi connectivity index (χ4v) is 3.14. The summed E-state index contributed by atoms with van der Waals surface area (Å²) in [5.74, 6) is 0. The lowest BCUT2D eigenvalue weighted by molar-refractivity contribution is 0.117. The summed E-state index contributed by atoms with van der Waals surface area (Å²) >= 11 is 0. The van der Waals surface area contributed by atoms with Crippen molar-refractivity contribution in [2.75, 3.05) is 79.0 Å². The first-order valence-corrected chi connectivity index (χ1v) is 9.13. The number of piperazine rings is 2. The summed E-state index contributed by atoms with van der Waals surface area (Å²) in [6, 6.07) is 0. The molecule has 0 saturated carbocycles. The number of nitrogens with zero attached hydrogens (tertiary/aromatic N) is 4. The van der Waals surface area contributed by atoms with Crippen LogP contribution in [0.25, 0.3) is 0 Å². The third-order valence-electron chi connectivity index (χ3n) is 4.55. The molecule has 0 unspecified atom stereocenters. The minimum absolute atomic E-state index is 1.25. The highest BCUT2D eigenvalue weighted by atomic mass is 15.3. The molecule has 2 rings (SSSR count). The molecule has 0 aromatic heterocycles. The van der Waals surface area contributed by atoms with Crippen molar-refractivity contribution < 1.29 is 0 Å². The summed E-state index contributed by atoms with van der Waals surface area (Å²) in [5.41, 5.74) is 0. The third-order valence-corrected chi connectivity index (χ3v) is 4.55. The topological polar surface area (TPSA) is 13.0 Å². The highest BCUT2D eigenvalue weighted by molar-refractivity contribution is 4.73. The van der Waals surface area contributed by atoms with Crippen LogP contribution in [0, 0.1) is 0 Å². The maximum atomic E-state index is 2.65. The van der Waals surface area contributed by atoms with E-state index in [4.69, 9.17) is 0 Å². The first-order valence-electron chi connectivity index (χ1n) is 9.13. The quantitative estimate of drug-likeness (QED) is 0.739. The van der Waals surface area contributed by atoms with Crippen molar-refractivity contribution in [1.29, 1.82) is 0 Å². The Morgan fingerprint density at radius 3 is 1.43 bits per heavy atom. The van der Waals surface area contributed by atoms with Crippen LogP contribution in [-0.2, 0) is 0 Å². The molecule has 4 nitrogen and oxygen atoms in total. The Labute approximate surface area is 133 Å². The van der Waals surface area contributed by atoms with Gasteiger partial charge in [-0.25, -0.2) is 0 Å². The van der Waals surface area contributed by atoms with Gasteiger partial charge in [-0.15, -0.1) is 0 Å². The van der Waals surface area contributed by atoms with Crippen molar-refractivity contribution in [1.82, 2.24) is 19.6 Å². The van der Waals surface area contributed by atoms with Gasteiger partial charge < -0.3 is 19.6 Å². The second-order valence-electron chi connectivity index (χ2n) is 6.18. The Morgan fingerprint density at radius 2 is 1.00 bits per heavy atom. The van der Waals surface area contributed by atoms with Gasteiger partial charge in [0.1, 0.15) is 0 Å². The largest absolute Gasteiger partial charge is 0.304 e. The van der Waals surface area contributed by atoms with Gasteiger partial charge in [-0.05, 0) is 39.5 Å². The molecule has 0 atom stereocenters. The van der Waals surface area contributed by atoms with Gasteiger partial charge in [0.05, 0.1) is 0 Å². The molecule has 2 saturated heterocycles. The average molecular weight is 299 g/mol. The molecule has 2 heterocycles. The van der Waals surface area contributed by atoms with E-state index in [1.165, 1.54) is 84.8 Å². The van der Waals surface area contributed by atoms with Crippen LogP contribution in [0.5, 0.6) is 0 Å². The van der Waals surface area contributed by atoms with Crippen LogP contribution in [0.3, 0.4) is 0 Å². The van der Waals surface area contributed by atoms with E-state index in [-0.39, 0.29) is 0 Å². The van der Waals surface area contributed by atoms with Gasteiger partial charge in [-0.3, -0.25) is 0 Å². The Bertz CT molecular complexity index is 231. The highest BCUT2D eigenvalue weighted by Gasteiger charge is 2.17. The molecule has 126 valence electrons. The molecule has 0 aromatic rings. The zero-order valence-corrected chi connectivity index (χ0v) is 15.0. The maximum Gasteiger partial charge on any atom is 0.0110 e. The van der Waals surface area contributed by atoms with E-state index in [9.17, 15) is 0 Å². The predicted molar refractivity (Wildman–Crippen MR) is 93.1 cm³/mol. The third kappa shape index (κ3) is 7.59. The van der Waals surface area contributed by atoms with Crippen molar-refractivity contribution in [2.45, 2.75) is 33.6 Å². The van der Waals surface area contributed by atoms with Gasteiger partial charge in [0.2, 0.25) is 0 Å². The molecular formula is C17H38N4. The molecule has 21 heavy (non-hydrogen) atoms. The zero-order valence-electron chi connectivity index (χ0n) is 15.0. The maximum absolute atomic E-state index is 2.65. The Morgan fingerprint density at radius 1 is 0.619 bits per heavy atom. The number of rotatable bonds is 6. The van der Waals surface area contributed by atoms with Crippen LogP contribution < -0.4 is 0 Å². The summed E-state index contributed by atoms with van der Waals surface area (Å²) in [6.45, 7) is 20.3. The molecule has 0 aromatic carbocycles. The van der Waals surface area contributed by atoms with Crippen molar-refractivity contribution in [3.63, 3.8) is 0 Å². The number of hydrogen-bond acceptors (Lipinski definition) is 4. The summed E-state index contributed by atoms with van der Waals surface area (Å²) in [5, 5.41) is 0. The standard InChI is InChI=1S/C15H32N4.C2H6/c1-3-5-17-12-14-19(15-13-17)7-4-6-18-10-8-16(2)9-11-18;1-2/h3-15H2,1-2H3;1-2H3. The van der Waals surface area contributed by atoms with Gasteiger partial charge >= 0.3 is 0 Å². The second-order valence-corrected chi connectivity index (χ2v) is 6.18. The van der Waals surface area contributed by atoms with Crippen molar-refractivity contribution >= 4 is 0 Å². The Balaban J connectivity index is 0.00000106. The van der Waals surface area contributed by atoms with Crippen LogP contribution in [0.4, 0.5) is 0 Å². The summed E-state index contributed by atoms with van der Waals surface area (Å²) in [4.78, 5) is 10.3. The number of hydrogen-bond donors (Lipinski definition) is 0.